The molecule has 11 aromatic rings. The zero-order valence-electron chi connectivity index (χ0n) is 44.8. The van der Waals surface area contributed by atoms with Gasteiger partial charge in [-0.2, -0.15) is 54.2 Å². The van der Waals surface area contributed by atoms with Gasteiger partial charge in [0.15, 0.2) is 0 Å². The molecule has 3 heterocycles. The largest absolute Gasteiger partial charge is 3.00 e. The minimum atomic E-state index is -1.22. The maximum Gasteiger partial charge on any atom is 3.00 e. The first-order valence-corrected chi connectivity index (χ1v) is 26.4. The first-order chi connectivity index (χ1) is 38.6. The summed E-state index contributed by atoms with van der Waals surface area (Å²) in [7, 11) is 0. The summed E-state index contributed by atoms with van der Waals surface area (Å²) in [6, 6.07) is 109. The van der Waals surface area contributed by atoms with Crippen molar-refractivity contribution in [3.05, 3.63) is 333 Å². The Balaban J connectivity index is 0.000000181. The van der Waals surface area contributed by atoms with Crippen molar-refractivity contribution in [1.29, 1.82) is 10.5 Å². The Morgan fingerprint density at radius 3 is 0.570 bits per heavy atom. The van der Waals surface area contributed by atoms with E-state index >= 15 is 0 Å². The number of benzene rings is 8. The molecule has 0 spiro atoms. The summed E-state index contributed by atoms with van der Waals surface area (Å²) in [5.41, 5.74) is 13.9. The molecule has 9 heteroatoms. The predicted octanol–water partition coefficient (Wildman–Crippen LogP) is 10.3. The summed E-state index contributed by atoms with van der Waals surface area (Å²) in [5, 5.41) is 14.6. The summed E-state index contributed by atoms with van der Waals surface area (Å²) < 4.78 is 0. The van der Waals surface area contributed by atoms with E-state index in [9.17, 15) is 0 Å². The van der Waals surface area contributed by atoms with Gasteiger partial charge in [-0.15, -0.1) is 0 Å². The van der Waals surface area contributed by atoms with Crippen molar-refractivity contribution in [3.63, 3.8) is 0 Å². The number of hydrogen-bond acceptors (Lipinski definition) is 6. The number of nitriles is 2. The van der Waals surface area contributed by atoms with Crippen LogP contribution in [-0.2, 0) is 36.7 Å². The van der Waals surface area contributed by atoms with Crippen LogP contribution in [0.25, 0.3) is 0 Å². The first-order valence-electron chi connectivity index (χ1n) is 26.4. The monoisotopic (exact) mass is 1070 g/mol. The van der Waals surface area contributed by atoms with Crippen molar-refractivity contribution in [2.24, 2.45) is 0 Å². The standard InChI is InChI=1S/2C24H20B.C18H18N4.2C2H3N.Fe/c2*1-5-13-21(14-6-1)25(22-15-7-2-8-16-22,23-17-9-3-10-18-23)24-19-11-4-12-20-24;1-4-10-19-16(7-1)13-22(14-17-8-2-5-11-20-17)15-18-9-3-6-12-21-18;2*1-2-3;/h2*1-20H;1-12H,13-15H2;2*1H3;/q2*-1;;;;+3. The van der Waals surface area contributed by atoms with Gasteiger partial charge in [-0.3, -0.25) is 19.9 Å². The van der Waals surface area contributed by atoms with E-state index in [1.165, 1.54) is 57.5 Å². The maximum absolute atomic E-state index is 7.32. The summed E-state index contributed by atoms with van der Waals surface area (Å²) in [6.45, 7) is 5.18. The Labute approximate surface area is 479 Å². The molecule has 11 rings (SSSR count). The molecule has 1 radical (unpaired) electrons. The number of hydrogen-bond donors (Lipinski definition) is 0. The van der Waals surface area contributed by atoms with E-state index in [0.717, 1.165) is 36.7 Å². The molecule has 0 saturated heterocycles. The molecule has 0 aliphatic carbocycles. The molecular weight excluding hydrogens is 1000 g/mol. The third-order valence-corrected chi connectivity index (χ3v) is 13.7. The van der Waals surface area contributed by atoms with Crippen LogP contribution in [0.4, 0.5) is 0 Å². The summed E-state index contributed by atoms with van der Waals surface area (Å²) in [4.78, 5) is 15.6. The minimum absolute atomic E-state index is 0. The van der Waals surface area contributed by atoms with Crippen LogP contribution in [0.1, 0.15) is 30.9 Å². The molecule has 8 aromatic carbocycles. The van der Waals surface area contributed by atoms with E-state index in [-0.39, 0.29) is 17.1 Å². The quantitative estimate of drug-likeness (QED) is 0.101. The topological polar surface area (TPSA) is 89.5 Å². The average molecular weight is 1070 g/mol. The second kappa shape index (κ2) is 32.4. The number of nitrogens with zero attached hydrogens (tertiary/aromatic N) is 6. The molecule has 0 bridgehead atoms. The number of rotatable bonds is 14. The van der Waals surface area contributed by atoms with Crippen LogP contribution in [0.5, 0.6) is 0 Å². The molecule has 0 saturated carbocycles. The van der Waals surface area contributed by atoms with E-state index in [4.69, 9.17) is 10.5 Å². The fourth-order valence-electron chi connectivity index (χ4n) is 10.6. The normalized spacial score (nSPS) is 10.3. The van der Waals surface area contributed by atoms with Gasteiger partial charge in [-0.05, 0) is 36.4 Å². The van der Waals surface area contributed by atoms with Crippen LogP contribution in [0.15, 0.2) is 316 Å². The van der Waals surface area contributed by atoms with Crippen molar-refractivity contribution >= 4 is 56.0 Å². The van der Waals surface area contributed by atoms with Gasteiger partial charge in [0.25, 0.3) is 0 Å². The number of pyridine rings is 3. The van der Waals surface area contributed by atoms with Crippen LogP contribution < -0.4 is 43.7 Å². The fraction of sp³-hybridized carbons (Fsp3) is 0.0714. The van der Waals surface area contributed by atoms with Gasteiger partial charge in [0.1, 0.15) is 12.3 Å². The van der Waals surface area contributed by atoms with Gasteiger partial charge >= 0.3 is 17.1 Å². The first kappa shape index (κ1) is 59.1. The molecule has 387 valence electrons. The van der Waals surface area contributed by atoms with Crippen molar-refractivity contribution in [3.8, 4) is 12.1 Å². The van der Waals surface area contributed by atoms with E-state index in [2.05, 4.69) is 263 Å². The Bertz CT molecular complexity index is 2840. The van der Waals surface area contributed by atoms with Crippen LogP contribution >= 0.6 is 0 Å². The molecule has 0 atom stereocenters. The summed E-state index contributed by atoms with van der Waals surface area (Å²) >= 11 is 0. The molecule has 0 aliphatic rings. The molecule has 3 aromatic heterocycles. The number of aromatic nitrogens is 3. The SMILES string of the molecule is CC#N.CC#N.[Fe+3].c1ccc(CN(Cc2ccccn2)Cc2ccccn2)nc1.c1ccc([B-](c2ccccc2)(c2ccccc2)c2ccccc2)cc1.c1ccc([B-](c2ccccc2)(c2ccccc2)c2ccccc2)cc1. The van der Waals surface area contributed by atoms with Gasteiger partial charge in [0.2, 0.25) is 0 Å². The van der Waals surface area contributed by atoms with Crippen LogP contribution in [0.2, 0.25) is 0 Å². The predicted molar refractivity (Wildman–Crippen MR) is 328 cm³/mol. The Hall–Kier alpha value is -9.20. The summed E-state index contributed by atoms with van der Waals surface area (Å²) in [5.74, 6) is 0. The summed E-state index contributed by atoms with van der Waals surface area (Å²) in [6.07, 6.45) is 3.05. The van der Waals surface area contributed by atoms with Crippen molar-refractivity contribution in [2.75, 3.05) is 0 Å². The molecule has 0 fully saturated rings. The van der Waals surface area contributed by atoms with Crippen LogP contribution in [0.3, 0.4) is 0 Å². The Morgan fingerprint density at radius 2 is 0.430 bits per heavy atom. The second-order valence-corrected chi connectivity index (χ2v) is 18.6. The zero-order valence-corrected chi connectivity index (χ0v) is 45.9. The van der Waals surface area contributed by atoms with E-state index < -0.39 is 12.3 Å². The third kappa shape index (κ3) is 15.9. The average Bonchev–Trinajstić information content (AvgIpc) is 3.52. The van der Waals surface area contributed by atoms with Crippen LogP contribution in [-0.4, -0.2) is 32.1 Å². The van der Waals surface area contributed by atoms with E-state index in [1.807, 2.05) is 73.2 Å². The molecule has 0 aliphatic heterocycles. The molecule has 0 N–H and O–H groups in total. The molecule has 79 heavy (non-hydrogen) atoms. The molecule has 6 nitrogen and oxygen atoms in total. The molecular formula is C70H64B2FeN6+. The smallest absolute Gasteiger partial charge is 0.286 e. The van der Waals surface area contributed by atoms with E-state index in [1.54, 1.807) is 12.1 Å². The maximum atomic E-state index is 7.32. The Morgan fingerprint density at radius 1 is 0.278 bits per heavy atom. The third-order valence-electron chi connectivity index (χ3n) is 13.7. The molecule has 0 unspecified atom stereocenters. The fourth-order valence-corrected chi connectivity index (χ4v) is 10.6. The van der Waals surface area contributed by atoms with Gasteiger partial charge in [0, 0.05) is 52.1 Å². The van der Waals surface area contributed by atoms with Gasteiger partial charge in [0.05, 0.1) is 29.2 Å². The van der Waals surface area contributed by atoms with Gasteiger partial charge in [-0.25, -0.2) is 0 Å². The molecule has 0 amide bonds. The van der Waals surface area contributed by atoms with E-state index in [0.29, 0.717) is 0 Å². The van der Waals surface area contributed by atoms with Gasteiger partial charge < -0.3 is 0 Å². The Kier molecular flexibility index (Phi) is 24.2. The zero-order chi connectivity index (χ0) is 54.4. The van der Waals surface area contributed by atoms with Crippen molar-refractivity contribution < 1.29 is 17.1 Å². The second-order valence-electron chi connectivity index (χ2n) is 18.6. The minimum Gasteiger partial charge on any atom is -0.286 e. The van der Waals surface area contributed by atoms with Crippen molar-refractivity contribution in [1.82, 2.24) is 19.9 Å². The van der Waals surface area contributed by atoms with Gasteiger partial charge in [-0.1, -0.05) is 261 Å². The van der Waals surface area contributed by atoms with Crippen molar-refractivity contribution in [2.45, 2.75) is 33.5 Å². The van der Waals surface area contributed by atoms with Crippen LogP contribution in [0, 0.1) is 22.7 Å².